The highest BCUT2D eigenvalue weighted by Crippen LogP contribution is 2.36. The van der Waals surface area contributed by atoms with Crippen LogP contribution in [0.25, 0.3) is 0 Å². The van der Waals surface area contributed by atoms with Crippen LogP contribution in [0.3, 0.4) is 0 Å². The summed E-state index contributed by atoms with van der Waals surface area (Å²) in [6.45, 7) is -0.482. The summed E-state index contributed by atoms with van der Waals surface area (Å²) in [6.07, 6.45) is 3.60. The smallest absolute Gasteiger partial charge is 0.341 e. The topological polar surface area (TPSA) is 127 Å². The maximum Gasteiger partial charge on any atom is 0.341 e. The summed E-state index contributed by atoms with van der Waals surface area (Å²) in [4.78, 5) is 28.1. The lowest BCUT2D eigenvalue weighted by Gasteiger charge is -2.22. The van der Waals surface area contributed by atoms with Crippen LogP contribution in [0.4, 0.5) is 5.69 Å². The minimum Gasteiger partial charge on any atom is -0.493 e. The molecule has 1 atom stereocenters. The van der Waals surface area contributed by atoms with Gasteiger partial charge in [0.05, 0.1) is 18.9 Å². The first-order chi connectivity index (χ1) is 16.0. The molecule has 4 rings (SSSR count). The van der Waals surface area contributed by atoms with Gasteiger partial charge in [-0.05, 0) is 48.0 Å². The van der Waals surface area contributed by atoms with E-state index in [9.17, 15) is 9.59 Å². The van der Waals surface area contributed by atoms with E-state index in [0.717, 1.165) is 11.1 Å². The minimum atomic E-state index is -1.09. The second-order valence-electron chi connectivity index (χ2n) is 7.37. The van der Waals surface area contributed by atoms with E-state index < -0.39 is 12.6 Å². The van der Waals surface area contributed by atoms with Crippen molar-refractivity contribution in [1.29, 1.82) is 0 Å². The van der Waals surface area contributed by atoms with Gasteiger partial charge in [-0.25, -0.2) is 9.80 Å². The molecule has 0 saturated heterocycles. The molecule has 0 spiro atoms. The normalized spacial score (nSPS) is 15.1. The van der Waals surface area contributed by atoms with Gasteiger partial charge in [0.1, 0.15) is 0 Å². The summed E-state index contributed by atoms with van der Waals surface area (Å²) in [7, 11) is 1.47. The number of ether oxygens (including phenoxy) is 2. The number of nitrogens with zero attached hydrogens (tertiary/aromatic N) is 3. The number of methoxy groups -OCH3 is 1. The number of nitrogen functional groups attached to an aromatic ring is 1. The number of rotatable bonds is 7. The number of anilines is 1. The molecule has 1 aliphatic rings. The molecule has 1 aliphatic heterocycles. The lowest BCUT2D eigenvalue weighted by Crippen LogP contribution is -2.27. The molecule has 0 aliphatic carbocycles. The zero-order valence-electron chi connectivity index (χ0n) is 17.8. The lowest BCUT2D eigenvalue weighted by molar-refractivity contribution is -0.139. The highest BCUT2D eigenvalue weighted by Gasteiger charge is 2.34. The van der Waals surface area contributed by atoms with Gasteiger partial charge in [0.2, 0.25) is 0 Å². The van der Waals surface area contributed by atoms with Gasteiger partial charge in [-0.2, -0.15) is 5.10 Å². The van der Waals surface area contributed by atoms with Crippen molar-refractivity contribution in [1.82, 2.24) is 9.99 Å². The van der Waals surface area contributed by atoms with Gasteiger partial charge in [0.25, 0.3) is 5.91 Å². The van der Waals surface area contributed by atoms with Crippen LogP contribution in [-0.4, -0.2) is 46.4 Å². The monoisotopic (exact) mass is 446 g/mol. The predicted molar refractivity (Wildman–Crippen MR) is 121 cm³/mol. The SMILES string of the molecule is COc1cc(C2=NN(C(=O)c3ccncc3)C(c3ccc(N)cc3)C2)ccc1OCC(=O)O. The number of carbonyl (C=O) groups is 2. The molecule has 168 valence electrons. The highest BCUT2D eigenvalue weighted by molar-refractivity contribution is 6.05. The summed E-state index contributed by atoms with van der Waals surface area (Å²) in [5.41, 5.74) is 9.27. The zero-order valence-corrected chi connectivity index (χ0v) is 17.8. The number of carbonyl (C=O) groups excluding carboxylic acids is 1. The van der Waals surface area contributed by atoms with Crippen molar-refractivity contribution < 1.29 is 24.2 Å². The van der Waals surface area contributed by atoms with Gasteiger partial charge in [-0.3, -0.25) is 9.78 Å². The number of pyridine rings is 1. The van der Waals surface area contributed by atoms with Gasteiger partial charge in [-0.15, -0.1) is 0 Å². The summed E-state index contributed by atoms with van der Waals surface area (Å²) >= 11 is 0. The number of hydrogen-bond donors (Lipinski definition) is 2. The second-order valence-corrected chi connectivity index (χ2v) is 7.37. The molecule has 0 saturated carbocycles. The van der Waals surface area contributed by atoms with Crippen molar-refractivity contribution in [3.8, 4) is 11.5 Å². The number of hydrazone groups is 1. The minimum absolute atomic E-state index is 0.248. The zero-order chi connectivity index (χ0) is 23.4. The Kier molecular flexibility index (Phi) is 6.21. The molecule has 1 amide bonds. The Balaban J connectivity index is 1.68. The number of amides is 1. The summed E-state index contributed by atoms with van der Waals surface area (Å²) in [5, 5.41) is 15.0. The van der Waals surface area contributed by atoms with E-state index in [-0.39, 0.29) is 11.9 Å². The molecular weight excluding hydrogens is 424 g/mol. The van der Waals surface area contributed by atoms with E-state index in [1.807, 2.05) is 12.1 Å². The maximum absolute atomic E-state index is 13.3. The summed E-state index contributed by atoms with van der Waals surface area (Å²) < 4.78 is 10.7. The van der Waals surface area contributed by atoms with Crippen LogP contribution in [0.2, 0.25) is 0 Å². The third-order valence-corrected chi connectivity index (χ3v) is 5.21. The van der Waals surface area contributed by atoms with Gasteiger partial charge in [0, 0.05) is 35.6 Å². The van der Waals surface area contributed by atoms with Crippen molar-refractivity contribution in [3.05, 3.63) is 83.7 Å². The second kappa shape index (κ2) is 9.39. The van der Waals surface area contributed by atoms with E-state index in [1.54, 1.807) is 54.9 Å². The molecule has 9 nitrogen and oxygen atoms in total. The van der Waals surface area contributed by atoms with E-state index in [1.165, 1.54) is 12.1 Å². The Labute approximate surface area is 190 Å². The van der Waals surface area contributed by atoms with E-state index >= 15 is 0 Å². The van der Waals surface area contributed by atoms with Crippen LogP contribution >= 0.6 is 0 Å². The first kappa shape index (κ1) is 21.8. The largest absolute Gasteiger partial charge is 0.493 e. The molecule has 1 unspecified atom stereocenters. The molecule has 2 heterocycles. The van der Waals surface area contributed by atoms with Crippen molar-refractivity contribution >= 4 is 23.3 Å². The third kappa shape index (κ3) is 4.77. The van der Waals surface area contributed by atoms with Crippen LogP contribution in [0.5, 0.6) is 11.5 Å². The van der Waals surface area contributed by atoms with Gasteiger partial charge in [0.15, 0.2) is 18.1 Å². The van der Waals surface area contributed by atoms with Crippen LogP contribution in [0.15, 0.2) is 72.1 Å². The number of carboxylic acids is 1. The molecule has 0 bridgehead atoms. The maximum atomic E-state index is 13.3. The Bertz CT molecular complexity index is 1200. The van der Waals surface area contributed by atoms with Crippen molar-refractivity contribution in [3.63, 3.8) is 0 Å². The average molecular weight is 446 g/mol. The number of carboxylic acid groups (broad SMARTS) is 1. The van der Waals surface area contributed by atoms with Crippen LogP contribution in [-0.2, 0) is 4.79 Å². The molecule has 1 aromatic heterocycles. The van der Waals surface area contributed by atoms with Crippen molar-refractivity contribution in [2.24, 2.45) is 5.10 Å². The first-order valence-electron chi connectivity index (χ1n) is 10.2. The van der Waals surface area contributed by atoms with Crippen LogP contribution < -0.4 is 15.2 Å². The molecular formula is C24H22N4O5. The molecule has 0 radical (unpaired) electrons. The molecule has 0 fully saturated rings. The van der Waals surface area contributed by atoms with Gasteiger partial charge >= 0.3 is 5.97 Å². The van der Waals surface area contributed by atoms with E-state index in [0.29, 0.717) is 34.9 Å². The summed E-state index contributed by atoms with van der Waals surface area (Å²) in [5.74, 6) is -0.651. The van der Waals surface area contributed by atoms with E-state index in [4.69, 9.17) is 20.3 Å². The van der Waals surface area contributed by atoms with Gasteiger partial charge in [-0.1, -0.05) is 12.1 Å². The third-order valence-electron chi connectivity index (χ3n) is 5.21. The van der Waals surface area contributed by atoms with Crippen molar-refractivity contribution in [2.75, 3.05) is 19.5 Å². The standard InChI is InChI=1S/C24H22N4O5/c1-32-22-12-17(4-7-21(22)33-14-23(29)30)19-13-20(15-2-5-18(25)6-3-15)28(27-19)24(31)16-8-10-26-11-9-16/h2-12,20H,13-14,25H2,1H3,(H,29,30). The van der Waals surface area contributed by atoms with Crippen molar-refractivity contribution in [2.45, 2.75) is 12.5 Å². The molecule has 3 N–H and O–H groups in total. The Hall–Kier alpha value is -4.40. The first-order valence-corrected chi connectivity index (χ1v) is 10.2. The molecule has 3 aromatic rings. The fourth-order valence-electron chi connectivity index (χ4n) is 3.58. The number of benzene rings is 2. The molecule has 2 aromatic carbocycles. The summed E-state index contributed by atoms with van der Waals surface area (Å²) in [6, 6.07) is 15.4. The fraction of sp³-hybridized carbons (Fsp3) is 0.167. The Morgan fingerprint density at radius 1 is 1.09 bits per heavy atom. The average Bonchev–Trinajstić information content (AvgIpc) is 3.28. The Morgan fingerprint density at radius 2 is 1.82 bits per heavy atom. The Morgan fingerprint density at radius 3 is 2.48 bits per heavy atom. The highest BCUT2D eigenvalue weighted by atomic mass is 16.5. The fourth-order valence-corrected chi connectivity index (χ4v) is 3.58. The van der Waals surface area contributed by atoms with Crippen LogP contribution in [0.1, 0.15) is 33.9 Å². The molecule has 33 heavy (non-hydrogen) atoms. The van der Waals surface area contributed by atoms with Crippen LogP contribution in [0, 0.1) is 0 Å². The number of aromatic nitrogens is 1. The lowest BCUT2D eigenvalue weighted by atomic mass is 9.97. The number of hydrogen-bond acceptors (Lipinski definition) is 7. The van der Waals surface area contributed by atoms with E-state index in [2.05, 4.69) is 10.1 Å². The number of aliphatic carboxylic acids is 1. The predicted octanol–water partition coefficient (Wildman–Crippen LogP) is 3.13. The van der Waals surface area contributed by atoms with Gasteiger partial charge < -0.3 is 20.3 Å². The quantitative estimate of drug-likeness (QED) is 0.534. The number of nitrogens with two attached hydrogens (primary N) is 1. The molecule has 9 heteroatoms.